The Morgan fingerprint density at radius 1 is 1.42 bits per heavy atom. The van der Waals surface area contributed by atoms with Gasteiger partial charge < -0.3 is 15.2 Å². The van der Waals surface area contributed by atoms with E-state index in [9.17, 15) is 4.79 Å². The van der Waals surface area contributed by atoms with E-state index in [4.69, 9.17) is 5.73 Å². The van der Waals surface area contributed by atoms with Crippen molar-refractivity contribution in [2.75, 3.05) is 19.8 Å². The molecule has 0 aliphatic rings. The molecule has 100 valence electrons. The molecular weight excluding hydrogens is 260 g/mol. The fourth-order valence-corrected chi connectivity index (χ4v) is 2.41. The first-order chi connectivity index (χ1) is 8.99. The molecule has 2 rings (SSSR count). The number of benzene rings is 1. The maximum atomic E-state index is 11.8. The summed E-state index contributed by atoms with van der Waals surface area (Å²) in [5, 5.41) is 0.860. The third-order valence-corrected chi connectivity index (χ3v) is 3.81. The third-order valence-electron chi connectivity index (χ3n) is 2.64. The number of aryl methyl sites for hydroxylation is 1. The van der Waals surface area contributed by atoms with E-state index in [0.717, 1.165) is 10.1 Å². The third kappa shape index (κ3) is 2.90. The standard InChI is InChI=1S/C13H16N4OS/c1-16(2)12(18)9-4-5-11(10(14)8-9)19-13-15-6-7-17(13)3/h4-8H,14H2,1-3H3. The molecule has 1 amide bonds. The van der Waals surface area contributed by atoms with Crippen LogP contribution in [0.2, 0.25) is 0 Å². The minimum atomic E-state index is -0.0553. The summed E-state index contributed by atoms with van der Waals surface area (Å²) >= 11 is 1.48. The highest BCUT2D eigenvalue weighted by Crippen LogP contribution is 2.31. The summed E-state index contributed by atoms with van der Waals surface area (Å²) in [5.74, 6) is -0.0553. The Bertz CT molecular complexity index is 606. The number of hydrogen-bond acceptors (Lipinski definition) is 4. The zero-order chi connectivity index (χ0) is 14.0. The Morgan fingerprint density at radius 3 is 2.68 bits per heavy atom. The lowest BCUT2D eigenvalue weighted by Gasteiger charge is -2.12. The van der Waals surface area contributed by atoms with Crippen LogP contribution in [0, 0.1) is 0 Å². The number of imidazole rings is 1. The summed E-state index contributed by atoms with van der Waals surface area (Å²) in [6, 6.07) is 5.34. The molecule has 1 heterocycles. The van der Waals surface area contributed by atoms with Crippen molar-refractivity contribution < 1.29 is 4.79 Å². The summed E-state index contributed by atoms with van der Waals surface area (Å²) < 4.78 is 1.92. The Balaban J connectivity index is 2.25. The molecule has 0 spiro atoms. The zero-order valence-corrected chi connectivity index (χ0v) is 11.9. The van der Waals surface area contributed by atoms with E-state index >= 15 is 0 Å². The fourth-order valence-electron chi connectivity index (χ4n) is 1.58. The van der Waals surface area contributed by atoms with Crippen molar-refractivity contribution in [2.45, 2.75) is 10.1 Å². The first-order valence-corrected chi connectivity index (χ1v) is 6.57. The topological polar surface area (TPSA) is 64.2 Å². The number of nitrogens with two attached hydrogens (primary N) is 1. The van der Waals surface area contributed by atoms with Crippen molar-refractivity contribution in [2.24, 2.45) is 7.05 Å². The molecule has 19 heavy (non-hydrogen) atoms. The van der Waals surface area contributed by atoms with Crippen LogP contribution in [-0.4, -0.2) is 34.5 Å². The summed E-state index contributed by atoms with van der Waals surface area (Å²) in [4.78, 5) is 18.5. The first-order valence-electron chi connectivity index (χ1n) is 5.75. The fraction of sp³-hybridized carbons (Fsp3) is 0.231. The van der Waals surface area contributed by atoms with Gasteiger partial charge in [-0.1, -0.05) is 0 Å². The molecule has 0 saturated heterocycles. The highest BCUT2D eigenvalue weighted by atomic mass is 32.2. The van der Waals surface area contributed by atoms with Crippen LogP contribution in [-0.2, 0) is 7.05 Å². The Labute approximate surface area is 116 Å². The van der Waals surface area contributed by atoms with Crippen molar-refractivity contribution in [1.29, 1.82) is 0 Å². The van der Waals surface area contributed by atoms with Crippen LogP contribution in [0.25, 0.3) is 0 Å². The molecule has 6 heteroatoms. The lowest BCUT2D eigenvalue weighted by atomic mass is 10.2. The molecule has 2 aromatic rings. The quantitative estimate of drug-likeness (QED) is 0.869. The van der Waals surface area contributed by atoms with Crippen molar-refractivity contribution in [3.63, 3.8) is 0 Å². The van der Waals surface area contributed by atoms with Crippen LogP contribution in [0.15, 0.2) is 40.6 Å². The van der Waals surface area contributed by atoms with E-state index < -0.39 is 0 Å². The summed E-state index contributed by atoms with van der Waals surface area (Å²) in [5.41, 5.74) is 7.17. The van der Waals surface area contributed by atoms with E-state index in [2.05, 4.69) is 4.98 Å². The number of nitrogens with zero attached hydrogens (tertiary/aromatic N) is 3. The molecule has 1 aromatic heterocycles. The number of carbonyl (C=O) groups is 1. The summed E-state index contributed by atoms with van der Waals surface area (Å²) in [6.07, 6.45) is 3.62. The maximum absolute atomic E-state index is 11.8. The minimum absolute atomic E-state index is 0.0553. The van der Waals surface area contributed by atoms with Gasteiger partial charge in [0.25, 0.3) is 5.91 Å². The van der Waals surface area contributed by atoms with Gasteiger partial charge in [-0.2, -0.15) is 0 Å². The van der Waals surface area contributed by atoms with Gasteiger partial charge in [-0.15, -0.1) is 0 Å². The average Bonchev–Trinajstić information content (AvgIpc) is 2.76. The molecule has 0 bridgehead atoms. The number of carbonyl (C=O) groups excluding carboxylic acids is 1. The largest absolute Gasteiger partial charge is 0.398 e. The normalized spacial score (nSPS) is 10.5. The lowest BCUT2D eigenvalue weighted by Crippen LogP contribution is -2.21. The number of rotatable bonds is 3. The van der Waals surface area contributed by atoms with Crippen LogP contribution in [0.4, 0.5) is 5.69 Å². The molecular formula is C13H16N4OS. The molecule has 5 nitrogen and oxygen atoms in total. The van der Waals surface area contributed by atoms with Crippen molar-refractivity contribution >= 4 is 23.4 Å². The highest BCUT2D eigenvalue weighted by molar-refractivity contribution is 7.99. The summed E-state index contributed by atoms with van der Waals surface area (Å²) in [6.45, 7) is 0. The number of hydrogen-bond donors (Lipinski definition) is 1. The van der Waals surface area contributed by atoms with Crippen LogP contribution < -0.4 is 5.73 Å². The van der Waals surface area contributed by atoms with Gasteiger partial charge in [0.1, 0.15) is 0 Å². The number of anilines is 1. The molecule has 0 radical (unpaired) electrons. The Morgan fingerprint density at radius 2 is 2.16 bits per heavy atom. The van der Waals surface area contributed by atoms with Gasteiger partial charge in [-0.25, -0.2) is 4.98 Å². The van der Waals surface area contributed by atoms with Gasteiger partial charge in [-0.3, -0.25) is 4.79 Å². The van der Waals surface area contributed by atoms with Gasteiger partial charge in [-0.05, 0) is 30.0 Å². The second kappa shape index (κ2) is 5.36. The molecule has 0 fully saturated rings. The summed E-state index contributed by atoms with van der Waals surface area (Å²) in [7, 11) is 5.36. The van der Waals surface area contributed by atoms with E-state index in [1.165, 1.54) is 16.7 Å². The van der Waals surface area contributed by atoms with Crippen molar-refractivity contribution in [3.8, 4) is 0 Å². The monoisotopic (exact) mass is 276 g/mol. The molecule has 0 unspecified atom stereocenters. The Kier molecular flexibility index (Phi) is 3.80. The van der Waals surface area contributed by atoms with Gasteiger partial charge >= 0.3 is 0 Å². The van der Waals surface area contributed by atoms with Crippen molar-refractivity contribution in [3.05, 3.63) is 36.2 Å². The number of amides is 1. The first kappa shape index (κ1) is 13.5. The smallest absolute Gasteiger partial charge is 0.253 e. The maximum Gasteiger partial charge on any atom is 0.253 e. The SMILES string of the molecule is CN(C)C(=O)c1ccc(Sc2nccn2C)c(N)c1. The average molecular weight is 276 g/mol. The van der Waals surface area contributed by atoms with Crippen molar-refractivity contribution in [1.82, 2.24) is 14.5 Å². The second-order valence-corrected chi connectivity index (χ2v) is 5.38. The molecule has 1 aromatic carbocycles. The van der Waals surface area contributed by atoms with Gasteiger partial charge in [0.2, 0.25) is 0 Å². The number of aromatic nitrogens is 2. The molecule has 0 aliphatic carbocycles. The zero-order valence-electron chi connectivity index (χ0n) is 11.1. The van der Waals surface area contributed by atoms with Gasteiger partial charge in [0.15, 0.2) is 5.16 Å². The minimum Gasteiger partial charge on any atom is -0.398 e. The van der Waals surface area contributed by atoms with Crippen LogP contribution in [0.5, 0.6) is 0 Å². The predicted octanol–water partition coefficient (Wildman–Crippen LogP) is 1.86. The number of nitrogen functional groups attached to an aromatic ring is 1. The van der Waals surface area contributed by atoms with Crippen LogP contribution in [0.3, 0.4) is 0 Å². The molecule has 0 atom stereocenters. The lowest BCUT2D eigenvalue weighted by molar-refractivity contribution is 0.0827. The molecule has 0 saturated carbocycles. The highest BCUT2D eigenvalue weighted by Gasteiger charge is 2.11. The Hall–Kier alpha value is -1.95. The second-order valence-electron chi connectivity index (χ2n) is 4.37. The van der Waals surface area contributed by atoms with Crippen LogP contribution >= 0.6 is 11.8 Å². The van der Waals surface area contributed by atoms with Gasteiger partial charge in [0, 0.05) is 49.7 Å². The molecule has 2 N–H and O–H groups in total. The van der Waals surface area contributed by atoms with E-state index in [-0.39, 0.29) is 5.91 Å². The molecule has 0 aliphatic heterocycles. The van der Waals surface area contributed by atoms with E-state index in [0.29, 0.717) is 11.3 Å². The van der Waals surface area contributed by atoms with E-state index in [1.807, 2.05) is 23.9 Å². The predicted molar refractivity (Wildman–Crippen MR) is 76.2 cm³/mol. The van der Waals surface area contributed by atoms with Crippen LogP contribution in [0.1, 0.15) is 10.4 Å². The van der Waals surface area contributed by atoms with Gasteiger partial charge in [0.05, 0.1) is 0 Å². The van der Waals surface area contributed by atoms with E-state index in [1.54, 1.807) is 32.4 Å².